The molecule has 0 aromatic carbocycles. The fourth-order valence-electron chi connectivity index (χ4n) is 1.95. The highest BCUT2D eigenvalue weighted by molar-refractivity contribution is 5.48. The van der Waals surface area contributed by atoms with Crippen molar-refractivity contribution in [3.05, 3.63) is 22.1 Å². The van der Waals surface area contributed by atoms with E-state index in [9.17, 15) is 4.79 Å². The summed E-state index contributed by atoms with van der Waals surface area (Å²) in [6.45, 7) is 7.93. The van der Waals surface area contributed by atoms with Gasteiger partial charge in [-0.3, -0.25) is 4.79 Å². The lowest BCUT2D eigenvalue weighted by Gasteiger charge is -2.21. The maximum absolute atomic E-state index is 11.9. The molecular formula is C13H21N3O2. The van der Waals surface area contributed by atoms with E-state index in [0.717, 1.165) is 30.8 Å². The molecule has 2 heterocycles. The van der Waals surface area contributed by atoms with E-state index in [0.29, 0.717) is 13.2 Å². The maximum atomic E-state index is 11.9. The Labute approximate surface area is 107 Å². The Bertz CT molecular complexity index is 474. The predicted molar refractivity (Wildman–Crippen MR) is 71.0 cm³/mol. The van der Waals surface area contributed by atoms with Crippen LogP contribution in [-0.2, 0) is 17.7 Å². The molecule has 1 aromatic rings. The lowest BCUT2D eigenvalue weighted by atomic mass is 10.1. The van der Waals surface area contributed by atoms with Gasteiger partial charge in [-0.05, 0) is 33.6 Å². The molecule has 0 saturated carbocycles. The highest BCUT2D eigenvalue weighted by atomic mass is 16.5. The lowest BCUT2D eigenvalue weighted by molar-refractivity contribution is -0.00840. The number of nitrogens with zero attached hydrogens (tertiary/aromatic N) is 2. The Balaban J connectivity index is 2.07. The van der Waals surface area contributed by atoms with Gasteiger partial charge in [0.2, 0.25) is 0 Å². The summed E-state index contributed by atoms with van der Waals surface area (Å²) in [5.74, 6) is 0. The second-order valence-corrected chi connectivity index (χ2v) is 5.56. The Kier molecular flexibility index (Phi) is 3.71. The molecule has 0 radical (unpaired) electrons. The smallest absolute Gasteiger partial charge is 0.268 e. The van der Waals surface area contributed by atoms with Crippen molar-refractivity contribution in [1.82, 2.24) is 9.78 Å². The monoisotopic (exact) mass is 251 g/mol. The topological polar surface area (TPSA) is 56.2 Å². The number of rotatable bonds is 3. The molecule has 100 valence electrons. The number of nitrogens with one attached hydrogen (secondary N) is 1. The van der Waals surface area contributed by atoms with Crippen molar-refractivity contribution in [1.29, 1.82) is 0 Å². The largest absolute Gasteiger partial charge is 0.383 e. The molecule has 0 bridgehead atoms. The fraction of sp³-hybridized carbons (Fsp3) is 0.692. The molecule has 0 aliphatic carbocycles. The second-order valence-electron chi connectivity index (χ2n) is 5.56. The highest BCUT2D eigenvalue weighted by Crippen LogP contribution is 2.16. The van der Waals surface area contributed by atoms with Gasteiger partial charge >= 0.3 is 0 Å². The molecule has 0 saturated heterocycles. The molecule has 0 unspecified atom stereocenters. The van der Waals surface area contributed by atoms with Crippen molar-refractivity contribution in [2.75, 3.05) is 18.5 Å². The molecule has 1 aliphatic heterocycles. The third-order valence-electron chi connectivity index (χ3n) is 2.82. The van der Waals surface area contributed by atoms with E-state index in [4.69, 9.17) is 4.74 Å². The Morgan fingerprint density at radius 2 is 2.28 bits per heavy atom. The van der Waals surface area contributed by atoms with E-state index in [1.54, 1.807) is 6.07 Å². The zero-order chi connectivity index (χ0) is 13.2. The van der Waals surface area contributed by atoms with Gasteiger partial charge in [0.1, 0.15) is 0 Å². The summed E-state index contributed by atoms with van der Waals surface area (Å²) in [5.41, 5.74) is 1.62. The number of hydrogen-bond donors (Lipinski definition) is 1. The zero-order valence-corrected chi connectivity index (χ0v) is 11.3. The van der Waals surface area contributed by atoms with Crippen molar-refractivity contribution in [3.63, 3.8) is 0 Å². The van der Waals surface area contributed by atoms with Crippen molar-refractivity contribution in [3.8, 4) is 0 Å². The van der Waals surface area contributed by atoms with E-state index in [1.807, 2.05) is 20.8 Å². The van der Waals surface area contributed by atoms with Crippen LogP contribution in [0.1, 0.15) is 32.9 Å². The van der Waals surface area contributed by atoms with Gasteiger partial charge in [0, 0.05) is 12.6 Å². The van der Waals surface area contributed by atoms with Gasteiger partial charge < -0.3 is 10.1 Å². The molecule has 1 aliphatic rings. The molecule has 2 rings (SSSR count). The molecule has 5 heteroatoms. The van der Waals surface area contributed by atoms with Crippen LogP contribution in [0.3, 0.4) is 0 Å². The first-order valence-corrected chi connectivity index (χ1v) is 6.44. The fourth-order valence-corrected chi connectivity index (χ4v) is 1.95. The number of hydrogen-bond acceptors (Lipinski definition) is 4. The van der Waals surface area contributed by atoms with E-state index >= 15 is 0 Å². The molecule has 0 spiro atoms. The van der Waals surface area contributed by atoms with E-state index in [-0.39, 0.29) is 11.2 Å². The Morgan fingerprint density at radius 3 is 3.00 bits per heavy atom. The van der Waals surface area contributed by atoms with Gasteiger partial charge in [0.15, 0.2) is 0 Å². The van der Waals surface area contributed by atoms with Crippen LogP contribution >= 0.6 is 0 Å². The number of aryl methyl sites for hydroxylation is 1. The van der Waals surface area contributed by atoms with Gasteiger partial charge in [0.25, 0.3) is 5.56 Å². The number of ether oxygens (including phenoxy) is 1. The molecule has 0 amide bonds. The van der Waals surface area contributed by atoms with Crippen molar-refractivity contribution in [2.45, 2.75) is 45.8 Å². The van der Waals surface area contributed by atoms with Gasteiger partial charge in [-0.2, -0.15) is 5.10 Å². The molecule has 1 aromatic heterocycles. The molecule has 5 nitrogen and oxygen atoms in total. The lowest BCUT2D eigenvalue weighted by Crippen LogP contribution is -2.30. The summed E-state index contributed by atoms with van der Waals surface area (Å²) < 4.78 is 7.11. The molecule has 0 fully saturated rings. The minimum absolute atomic E-state index is 0.0688. The number of anilines is 1. The Morgan fingerprint density at radius 1 is 1.50 bits per heavy atom. The first-order valence-electron chi connectivity index (χ1n) is 6.44. The minimum atomic E-state index is -0.181. The van der Waals surface area contributed by atoms with Crippen LogP contribution in [0.2, 0.25) is 0 Å². The summed E-state index contributed by atoms with van der Waals surface area (Å²) in [6.07, 6.45) is 2.00. The average Bonchev–Trinajstić information content (AvgIpc) is 2.28. The summed E-state index contributed by atoms with van der Waals surface area (Å²) in [5, 5.41) is 7.60. The van der Waals surface area contributed by atoms with Crippen LogP contribution in [0.4, 0.5) is 5.69 Å². The van der Waals surface area contributed by atoms with Crippen LogP contribution in [0.15, 0.2) is 10.9 Å². The van der Waals surface area contributed by atoms with Crippen molar-refractivity contribution in [2.24, 2.45) is 0 Å². The van der Waals surface area contributed by atoms with Crippen LogP contribution in [-0.4, -0.2) is 28.5 Å². The summed E-state index contributed by atoms with van der Waals surface area (Å²) in [6, 6.07) is 1.64. The molecule has 1 N–H and O–H groups in total. The Hall–Kier alpha value is -1.36. The second kappa shape index (κ2) is 5.10. The normalized spacial score (nSPS) is 15.1. The highest BCUT2D eigenvalue weighted by Gasteiger charge is 2.14. The van der Waals surface area contributed by atoms with Gasteiger partial charge in [-0.25, -0.2) is 4.68 Å². The van der Waals surface area contributed by atoms with Crippen LogP contribution in [0, 0.1) is 0 Å². The summed E-state index contributed by atoms with van der Waals surface area (Å²) in [7, 11) is 0. The molecule has 18 heavy (non-hydrogen) atoms. The minimum Gasteiger partial charge on any atom is -0.383 e. The van der Waals surface area contributed by atoms with Crippen LogP contribution < -0.4 is 10.9 Å². The third-order valence-corrected chi connectivity index (χ3v) is 2.82. The summed E-state index contributed by atoms with van der Waals surface area (Å²) in [4.78, 5) is 11.9. The van der Waals surface area contributed by atoms with E-state index in [2.05, 4.69) is 10.4 Å². The average molecular weight is 251 g/mol. The predicted octanol–water partition coefficient (Wildman–Crippen LogP) is 1.42. The van der Waals surface area contributed by atoms with E-state index < -0.39 is 0 Å². The van der Waals surface area contributed by atoms with Gasteiger partial charge in [0.05, 0.1) is 30.1 Å². The molecular weight excluding hydrogens is 230 g/mol. The van der Waals surface area contributed by atoms with Crippen molar-refractivity contribution >= 4 is 5.69 Å². The first-order chi connectivity index (χ1) is 8.46. The molecule has 0 atom stereocenters. The number of fused-ring (bicyclic) bond motifs is 1. The standard InChI is InChI=1S/C13H21N3O2/c1-13(2,3)18-8-7-16-12(17)9-11-10(15-16)5-4-6-14-11/h9,14H,4-8H2,1-3H3. The quantitative estimate of drug-likeness (QED) is 0.882. The maximum Gasteiger partial charge on any atom is 0.268 e. The third kappa shape index (κ3) is 3.32. The van der Waals surface area contributed by atoms with E-state index in [1.165, 1.54) is 4.68 Å². The summed E-state index contributed by atoms with van der Waals surface area (Å²) >= 11 is 0. The van der Waals surface area contributed by atoms with Crippen LogP contribution in [0.25, 0.3) is 0 Å². The van der Waals surface area contributed by atoms with Crippen LogP contribution in [0.5, 0.6) is 0 Å². The zero-order valence-electron chi connectivity index (χ0n) is 11.3. The van der Waals surface area contributed by atoms with Crippen molar-refractivity contribution < 1.29 is 4.74 Å². The van der Waals surface area contributed by atoms with Gasteiger partial charge in [-0.15, -0.1) is 0 Å². The number of aromatic nitrogens is 2. The van der Waals surface area contributed by atoms with Gasteiger partial charge in [-0.1, -0.05) is 0 Å². The first kappa shape index (κ1) is 13.1. The SMILES string of the molecule is CC(C)(C)OCCn1nc2c(cc1=O)NCCC2.